The average molecular weight is 251 g/mol. The van der Waals surface area contributed by atoms with Crippen molar-refractivity contribution < 1.29 is 14.6 Å². The van der Waals surface area contributed by atoms with Crippen molar-refractivity contribution in [1.29, 1.82) is 0 Å². The molecule has 0 heterocycles. The zero-order valence-electron chi connectivity index (χ0n) is 11.4. The van der Waals surface area contributed by atoms with E-state index in [1.54, 1.807) is 12.1 Å². The molecule has 18 heavy (non-hydrogen) atoms. The molecule has 0 saturated carbocycles. The van der Waals surface area contributed by atoms with Crippen molar-refractivity contribution in [3.8, 4) is 5.75 Å². The van der Waals surface area contributed by atoms with Gasteiger partial charge in [0.05, 0.1) is 0 Å². The van der Waals surface area contributed by atoms with Gasteiger partial charge < -0.3 is 15.2 Å². The quantitative estimate of drug-likeness (QED) is 0.868. The smallest absolute Gasteiger partial charge is 0.407 e. The summed E-state index contributed by atoms with van der Waals surface area (Å²) in [5, 5.41) is 11.9. The molecule has 0 unspecified atom stereocenters. The van der Waals surface area contributed by atoms with Crippen molar-refractivity contribution in [3.05, 3.63) is 29.8 Å². The Morgan fingerprint density at radius 3 is 2.39 bits per heavy atom. The molecule has 0 aliphatic carbocycles. The fourth-order valence-electron chi connectivity index (χ4n) is 1.55. The Balaban J connectivity index is 2.44. The number of phenols is 1. The molecule has 4 nitrogen and oxygen atoms in total. The standard InChI is InChI=1S/C14H21NO3/c1-10(15-13(17)18-14(2,3)4)9-11-5-7-12(16)8-6-11/h5-8,10,16H,9H2,1-4H3,(H,15,17)/t10-/m0/s1. The first-order valence-electron chi connectivity index (χ1n) is 6.04. The zero-order chi connectivity index (χ0) is 13.8. The number of hydrogen-bond donors (Lipinski definition) is 2. The highest BCUT2D eigenvalue weighted by atomic mass is 16.6. The number of amides is 1. The van der Waals surface area contributed by atoms with Crippen molar-refractivity contribution in [1.82, 2.24) is 5.32 Å². The topological polar surface area (TPSA) is 58.6 Å². The van der Waals surface area contributed by atoms with Gasteiger partial charge in [0.1, 0.15) is 11.4 Å². The molecule has 1 aromatic rings. The van der Waals surface area contributed by atoms with Gasteiger partial charge >= 0.3 is 6.09 Å². The van der Waals surface area contributed by atoms with Crippen LogP contribution >= 0.6 is 0 Å². The van der Waals surface area contributed by atoms with Gasteiger partial charge in [0.25, 0.3) is 0 Å². The van der Waals surface area contributed by atoms with E-state index in [9.17, 15) is 9.90 Å². The Labute approximate surface area is 108 Å². The molecule has 0 bridgehead atoms. The van der Waals surface area contributed by atoms with Gasteiger partial charge in [-0.15, -0.1) is 0 Å². The second kappa shape index (κ2) is 5.76. The normalized spacial score (nSPS) is 12.9. The molecule has 100 valence electrons. The molecule has 0 fully saturated rings. The molecule has 2 N–H and O–H groups in total. The Morgan fingerprint density at radius 1 is 1.33 bits per heavy atom. The molecule has 1 aromatic carbocycles. The first kappa shape index (κ1) is 14.4. The highest BCUT2D eigenvalue weighted by molar-refractivity contribution is 5.68. The first-order chi connectivity index (χ1) is 8.26. The van der Waals surface area contributed by atoms with Crippen LogP contribution in [0.2, 0.25) is 0 Å². The van der Waals surface area contributed by atoms with Crippen LogP contribution in [0.4, 0.5) is 4.79 Å². The Hall–Kier alpha value is -1.71. The number of hydrogen-bond acceptors (Lipinski definition) is 3. The number of carbonyl (C=O) groups is 1. The largest absolute Gasteiger partial charge is 0.508 e. The molecule has 0 aliphatic rings. The third kappa shape index (κ3) is 5.57. The number of alkyl carbamates (subject to hydrolysis) is 1. The summed E-state index contributed by atoms with van der Waals surface area (Å²) in [6.07, 6.45) is 0.285. The summed E-state index contributed by atoms with van der Waals surface area (Å²) in [5.74, 6) is 0.242. The van der Waals surface area contributed by atoms with Crippen LogP contribution in [0.1, 0.15) is 33.3 Å². The van der Waals surface area contributed by atoms with Gasteiger partial charge in [0, 0.05) is 6.04 Å². The van der Waals surface area contributed by atoms with E-state index >= 15 is 0 Å². The van der Waals surface area contributed by atoms with Crippen molar-refractivity contribution in [2.75, 3.05) is 0 Å². The number of rotatable bonds is 3. The fourth-order valence-corrected chi connectivity index (χ4v) is 1.55. The third-order valence-electron chi connectivity index (χ3n) is 2.24. The van der Waals surface area contributed by atoms with Crippen LogP contribution in [-0.2, 0) is 11.2 Å². The van der Waals surface area contributed by atoms with Gasteiger partial charge in [-0.25, -0.2) is 4.79 Å². The summed E-state index contributed by atoms with van der Waals surface area (Å²) in [4.78, 5) is 11.5. The van der Waals surface area contributed by atoms with Gasteiger partial charge in [-0.2, -0.15) is 0 Å². The van der Waals surface area contributed by atoms with Gasteiger partial charge in [-0.1, -0.05) is 12.1 Å². The van der Waals surface area contributed by atoms with Crippen LogP contribution in [-0.4, -0.2) is 22.8 Å². The molecule has 0 aliphatic heterocycles. The average Bonchev–Trinajstić information content (AvgIpc) is 2.18. The number of carbonyl (C=O) groups excluding carboxylic acids is 1. The number of ether oxygens (including phenoxy) is 1. The predicted octanol–water partition coefficient (Wildman–Crippen LogP) is 2.85. The molecule has 0 saturated heterocycles. The van der Waals surface area contributed by atoms with Crippen molar-refractivity contribution in [3.63, 3.8) is 0 Å². The lowest BCUT2D eigenvalue weighted by Gasteiger charge is -2.22. The van der Waals surface area contributed by atoms with E-state index in [4.69, 9.17) is 4.74 Å². The van der Waals surface area contributed by atoms with Gasteiger partial charge in [-0.3, -0.25) is 0 Å². The van der Waals surface area contributed by atoms with Gasteiger partial charge in [-0.05, 0) is 51.8 Å². The Bertz CT molecular complexity index is 392. The summed E-state index contributed by atoms with van der Waals surface area (Å²) in [7, 11) is 0. The lowest BCUT2D eigenvalue weighted by atomic mass is 10.1. The van der Waals surface area contributed by atoms with Crippen LogP contribution in [0.3, 0.4) is 0 Å². The van der Waals surface area contributed by atoms with E-state index in [1.807, 2.05) is 39.8 Å². The minimum absolute atomic E-state index is 0.0237. The van der Waals surface area contributed by atoms with Crippen LogP contribution < -0.4 is 5.32 Å². The summed E-state index contributed by atoms with van der Waals surface area (Å²) in [5.41, 5.74) is 0.568. The molecule has 0 spiro atoms. The summed E-state index contributed by atoms with van der Waals surface area (Å²) in [6, 6.07) is 6.92. The van der Waals surface area contributed by atoms with Crippen LogP contribution in [0.25, 0.3) is 0 Å². The molecule has 4 heteroatoms. The second-order valence-electron chi connectivity index (χ2n) is 5.42. The van der Waals surface area contributed by atoms with E-state index < -0.39 is 11.7 Å². The zero-order valence-corrected chi connectivity index (χ0v) is 11.4. The van der Waals surface area contributed by atoms with E-state index in [2.05, 4.69) is 5.32 Å². The number of aromatic hydroxyl groups is 1. The second-order valence-corrected chi connectivity index (χ2v) is 5.42. The molecular weight excluding hydrogens is 230 g/mol. The molecule has 0 radical (unpaired) electrons. The summed E-state index contributed by atoms with van der Waals surface area (Å²) >= 11 is 0. The van der Waals surface area contributed by atoms with Crippen molar-refractivity contribution in [2.45, 2.75) is 45.8 Å². The lowest BCUT2D eigenvalue weighted by Crippen LogP contribution is -2.38. The minimum atomic E-state index is -0.484. The van der Waals surface area contributed by atoms with Crippen LogP contribution in [0.15, 0.2) is 24.3 Å². The SMILES string of the molecule is C[C@@H](Cc1ccc(O)cc1)NC(=O)OC(C)(C)C. The third-order valence-corrected chi connectivity index (χ3v) is 2.24. The molecule has 0 aromatic heterocycles. The monoisotopic (exact) mass is 251 g/mol. The molecule has 1 rings (SSSR count). The van der Waals surface area contributed by atoms with Gasteiger partial charge in [0.2, 0.25) is 0 Å². The van der Waals surface area contributed by atoms with Crippen molar-refractivity contribution >= 4 is 6.09 Å². The van der Waals surface area contributed by atoms with E-state index in [0.29, 0.717) is 6.42 Å². The number of benzene rings is 1. The maximum Gasteiger partial charge on any atom is 0.407 e. The lowest BCUT2D eigenvalue weighted by molar-refractivity contribution is 0.0508. The van der Waals surface area contributed by atoms with Gasteiger partial charge in [0.15, 0.2) is 0 Å². The minimum Gasteiger partial charge on any atom is -0.508 e. The number of phenolic OH excluding ortho intramolecular Hbond substituents is 1. The maximum absolute atomic E-state index is 11.5. The summed E-state index contributed by atoms with van der Waals surface area (Å²) in [6.45, 7) is 7.41. The molecule has 1 atom stereocenters. The van der Waals surface area contributed by atoms with Crippen LogP contribution in [0.5, 0.6) is 5.75 Å². The van der Waals surface area contributed by atoms with E-state index in [1.165, 1.54) is 0 Å². The Morgan fingerprint density at radius 2 is 1.89 bits per heavy atom. The molecule has 1 amide bonds. The summed E-state index contributed by atoms with van der Waals surface area (Å²) < 4.78 is 5.18. The number of nitrogens with one attached hydrogen (secondary N) is 1. The highest BCUT2D eigenvalue weighted by Crippen LogP contribution is 2.12. The van der Waals surface area contributed by atoms with E-state index in [0.717, 1.165) is 5.56 Å². The van der Waals surface area contributed by atoms with E-state index in [-0.39, 0.29) is 11.8 Å². The molecular formula is C14H21NO3. The van der Waals surface area contributed by atoms with Crippen molar-refractivity contribution in [2.24, 2.45) is 0 Å². The fraction of sp³-hybridized carbons (Fsp3) is 0.500. The maximum atomic E-state index is 11.5. The predicted molar refractivity (Wildman–Crippen MR) is 70.6 cm³/mol. The highest BCUT2D eigenvalue weighted by Gasteiger charge is 2.17. The Kier molecular flexibility index (Phi) is 4.59. The first-order valence-corrected chi connectivity index (χ1v) is 6.04. The van der Waals surface area contributed by atoms with Crippen LogP contribution in [0, 0.1) is 0 Å².